The number of hydrogen-bond acceptors (Lipinski definition) is 2. The van der Waals surface area contributed by atoms with Crippen LogP contribution in [0.2, 0.25) is 10.0 Å². The highest BCUT2D eigenvalue weighted by Gasteiger charge is 2.09. The predicted molar refractivity (Wildman–Crippen MR) is 73.3 cm³/mol. The van der Waals surface area contributed by atoms with Gasteiger partial charge in [-0.15, -0.1) is 6.58 Å². The Labute approximate surface area is 115 Å². The smallest absolute Gasteiger partial charge is 0.168 e. The van der Waals surface area contributed by atoms with Gasteiger partial charge in [-0.3, -0.25) is 9.48 Å². The first kappa shape index (κ1) is 12.9. The van der Waals surface area contributed by atoms with Crippen molar-refractivity contribution >= 4 is 29.5 Å². The number of carbonyl (C=O) groups excluding carboxylic acids is 1. The molecule has 0 saturated heterocycles. The average Bonchev–Trinajstić information content (AvgIpc) is 2.76. The molecule has 1 aromatic heterocycles. The molecular formula is C13H10Cl2N2O. The van der Waals surface area contributed by atoms with Crippen LogP contribution in [0.4, 0.5) is 0 Å². The van der Waals surface area contributed by atoms with E-state index in [4.69, 9.17) is 23.2 Å². The summed E-state index contributed by atoms with van der Waals surface area (Å²) >= 11 is 11.8. The largest absolute Gasteiger partial charge is 0.296 e. The number of allylic oxidation sites excluding steroid dienone is 1. The Kier molecular flexibility index (Phi) is 3.84. The fourth-order valence-electron chi connectivity index (χ4n) is 1.59. The van der Waals surface area contributed by atoms with E-state index in [1.54, 1.807) is 29.0 Å². The molecule has 0 atom stereocenters. The van der Waals surface area contributed by atoms with Gasteiger partial charge in [0.15, 0.2) is 6.29 Å². The van der Waals surface area contributed by atoms with Gasteiger partial charge >= 0.3 is 0 Å². The molecule has 1 aromatic carbocycles. The molecule has 18 heavy (non-hydrogen) atoms. The molecule has 92 valence electrons. The number of aromatic nitrogens is 2. The fraction of sp³-hybridized carbons (Fsp3) is 0.0769. The van der Waals surface area contributed by atoms with Gasteiger partial charge in [-0.05, 0) is 18.2 Å². The monoisotopic (exact) mass is 280 g/mol. The molecule has 0 bridgehead atoms. The van der Waals surface area contributed by atoms with Gasteiger partial charge in [0.05, 0.1) is 22.3 Å². The first-order valence-electron chi connectivity index (χ1n) is 5.25. The van der Waals surface area contributed by atoms with Crippen LogP contribution >= 0.6 is 23.2 Å². The molecule has 2 aromatic rings. The molecule has 0 aliphatic carbocycles. The van der Waals surface area contributed by atoms with Gasteiger partial charge in [-0.1, -0.05) is 35.3 Å². The van der Waals surface area contributed by atoms with Crippen molar-refractivity contribution < 1.29 is 4.79 Å². The van der Waals surface area contributed by atoms with E-state index >= 15 is 0 Å². The maximum atomic E-state index is 10.9. The minimum Gasteiger partial charge on any atom is -0.296 e. The normalized spacial score (nSPS) is 10.3. The van der Waals surface area contributed by atoms with E-state index in [2.05, 4.69) is 11.7 Å². The van der Waals surface area contributed by atoms with Crippen molar-refractivity contribution in [2.24, 2.45) is 0 Å². The van der Waals surface area contributed by atoms with Crippen molar-refractivity contribution in [1.82, 2.24) is 9.78 Å². The lowest BCUT2D eigenvalue weighted by atomic mass is 10.1. The summed E-state index contributed by atoms with van der Waals surface area (Å²) in [4.78, 5) is 10.9. The lowest BCUT2D eigenvalue weighted by molar-refractivity contribution is 0.111. The maximum Gasteiger partial charge on any atom is 0.168 e. The van der Waals surface area contributed by atoms with Crippen LogP contribution in [0.5, 0.6) is 0 Å². The van der Waals surface area contributed by atoms with Crippen LogP contribution < -0.4 is 0 Å². The number of nitrogens with zero attached hydrogens (tertiary/aromatic N) is 2. The second kappa shape index (κ2) is 5.38. The Bertz CT molecular complexity index is 605. The Hall–Kier alpha value is -1.58. The second-order valence-electron chi connectivity index (χ2n) is 3.67. The van der Waals surface area contributed by atoms with Crippen LogP contribution in [0.1, 0.15) is 10.5 Å². The maximum absolute atomic E-state index is 10.9. The number of benzene rings is 1. The number of halogens is 2. The quantitative estimate of drug-likeness (QED) is 0.630. The summed E-state index contributed by atoms with van der Waals surface area (Å²) < 4.78 is 1.58. The third kappa shape index (κ3) is 2.47. The standard InChI is InChI=1S/C13H10Cl2N2O/c1-2-5-17-10(8-18)7-13(16-17)9-3-4-11(14)12(15)6-9/h2-4,6-8H,1,5H2. The molecule has 2 rings (SSSR count). The van der Waals surface area contributed by atoms with Crippen LogP contribution in [0.3, 0.4) is 0 Å². The molecule has 0 amide bonds. The number of rotatable bonds is 4. The van der Waals surface area contributed by atoms with E-state index in [1.165, 1.54) is 0 Å². The van der Waals surface area contributed by atoms with Crippen molar-refractivity contribution in [3.05, 3.63) is 52.7 Å². The van der Waals surface area contributed by atoms with Gasteiger partial charge in [0, 0.05) is 5.56 Å². The third-order valence-corrected chi connectivity index (χ3v) is 3.19. The zero-order valence-electron chi connectivity index (χ0n) is 9.44. The van der Waals surface area contributed by atoms with Gasteiger partial charge in [-0.2, -0.15) is 5.10 Å². The number of carbonyl (C=O) groups is 1. The summed E-state index contributed by atoms with van der Waals surface area (Å²) in [6.07, 6.45) is 2.44. The highest BCUT2D eigenvalue weighted by Crippen LogP contribution is 2.28. The lowest BCUT2D eigenvalue weighted by Crippen LogP contribution is -2.01. The van der Waals surface area contributed by atoms with Crippen molar-refractivity contribution in [1.29, 1.82) is 0 Å². The summed E-state index contributed by atoms with van der Waals surface area (Å²) in [6, 6.07) is 6.94. The fourth-order valence-corrected chi connectivity index (χ4v) is 1.89. The first-order valence-corrected chi connectivity index (χ1v) is 6.00. The molecule has 0 saturated carbocycles. The Morgan fingerprint density at radius 3 is 2.67 bits per heavy atom. The molecule has 1 heterocycles. The summed E-state index contributed by atoms with van der Waals surface area (Å²) in [6.45, 7) is 4.11. The number of aldehydes is 1. The Morgan fingerprint density at radius 1 is 1.28 bits per heavy atom. The minimum absolute atomic E-state index is 0.458. The molecular weight excluding hydrogens is 271 g/mol. The van der Waals surface area contributed by atoms with Crippen LogP contribution in [-0.4, -0.2) is 16.1 Å². The van der Waals surface area contributed by atoms with E-state index in [0.717, 1.165) is 11.8 Å². The minimum atomic E-state index is 0.458. The van der Waals surface area contributed by atoms with Crippen molar-refractivity contribution in [2.75, 3.05) is 0 Å². The molecule has 0 fully saturated rings. The van der Waals surface area contributed by atoms with Gasteiger partial charge in [0.2, 0.25) is 0 Å². The highest BCUT2D eigenvalue weighted by molar-refractivity contribution is 6.42. The molecule has 0 spiro atoms. The Balaban J connectivity index is 2.46. The molecule has 3 nitrogen and oxygen atoms in total. The molecule has 0 aliphatic rings. The summed E-state index contributed by atoms with van der Waals surface area (Å²) in [5.41, 5.74) is 1.99. The molecule has 0 aliphatic heterocycles. The summed E-state index contributed by atoms with van der Waals surface area (Å²) in [5, 5.41) is 5.27. The Morgan fingerprint density at radius 2 is 2.06 bits per heavy atom. The second-order valence-corrected chi connectivity index (χ2v) is 4.49. The molecule has 0 N–H and O–H groups in total. The van der Waals surface area contributed by atoms with Gasteiger partial charge < -0.3 is 0 Å². The summed E-state index contributed by atoms with van der Waals surface area (Å²) in [5.74, 6) is 0. The van der Waals surface area contributed by atoms with Gasteiger partial charge in [-0.25, -0.2) is 0 Å². The molecule has 0 unspecified atom stereocenters. The first-order chi connectivity index (χ1) is 8.65. The zero-order chi connectivity index (χ0) is 13.1. The van der Waals surface area contributed by atoms with Gasteiger partial charge in [0.25, 0.3) is 0 Å². The van der Waals surface area contributed by atoms with E-state index in [9.17, 15) is 4.79 Å². The average molecular weight is 281 g/mol. The van der Waals surface area contributed by atoms with Crippen LogP contribution in [0.25, 0.3) is 11.3 Å². The van der Waals surface area contributed by atoms with Crippen LogP contribution in [-0.2, 0) is 6.54 Å². The van der Waals surface area contributed by atoms with E-state index < -0.39 is 0 Å². The van der Waals surface area contributed by atoms with E-state index in [1.807, 2.05) is 6.07 Å². The van der Waals surface area contributed by atoms with Crippen molar-refractivity contribution in [3.8, 4) is 11.3 Å². The topological polar surface area (TPSA) is 34.9 Å². The van der Waals surface area contributed by atoms with E-state index in [0.29, 0.717) is 28.0 Å². The zero-order valence-corrected chi connectivity index (χ0v) is 10.9. The number of hydrogen-bond donors (Lipinski definition) is 0. The van der Waals surface area contributed by atoms with E-state index in [-0.39, 0.29) is 0 Å². The van der Waals surface area contributed by atoms with Crippen LogP contribution in [0, 0.1) is 0 Å². The van der Waals surface area contributed by atoms with Gasteiger partial charge in [0.1, 0.15) is 5.69 Å². The SMILES string of the molecule is C=CCn1nc(-c2ccc(Cl)c(Cl)c2)cc1C=O. The third-order valence-electron chi connectivity index (χ3n) is 2.45. The van der Waals surface area contributed by atoms with Crippen LogP contribution in [0.15, 0.2) is 36.9 Å². The lowest BCUT2D eigenvalue weighted by Gasteiger charge is -2.00. The predicted octanol–water partition coefficient (Wildman–Crippen LogP) is 3.86. The van der Waals surface area contributed by atoms with Crippen molar-refractivity contribution in [3.63, 3.8) is 0 Å². The molecule has 0 radical (unpaired) electrons. The summed E-state index contributed by atoms with van der Waals surface area (Å²) in [7, 11) is 0. The van der Waals surface area contributed by atoms with Crippen molar-refractivity contribution in [2.45, 2.75) is 6.54 Å². The molecule has 5 heteroatoms. The highest BCUT2D eigenvalue weighted by atomic mass is 35.5.